The molecule has 1 aliphatic rings. The zero-order valence-electron chi connectivity index (χ0n) is 8.80. The van der Waals surface area contributed by atoms with E-state index in [-0.39, 0.29) is 0 Å². The number of nitrogens with one attached hydrogen (secondary N) is 1. The van der Waals surface area contributed by atoms with Gasteiger partial charge >= 0.3 is 0 Å². The molecule has 2 atom stereocenters. The molecule has 1 saturated carbocycles. The molecule has 0 saturated heterocycles. The molecule has 0 radical (unpaired) electrons. The van der Waals surface area contributed by atoms with Crippen LogP contribution in [0, 0.1) is 11.8 Å². The fraction of sp³-hybridized carbons (Fsp3) is 1.00. The van der Waals surface area contributed by atoms with Crippen LogP contribution in [0.4, 0.5) is 0 Å². The molecule has 2 heteroatoms. The molecule has 0 aromatic carbocycles. The van der Waals surface area contributed by atoms with Crippen LogP contribution < -0.4 is 5.32 Å². The highest BCUT2D eigenvalue weighted by atomic mass is 16.2. The Balaban J connectivity index is 0.000000261. The minimum Gasteiger partial charge on any atom is -0.396 e. The lowest BCUT2D eigenvalue weighted by atomic mass is 9.72. The summed E-state index contributed by atoms with van der Waals surface area (Å²) in [6, 6.07) is 0.801. The van der Waals surface area contributed by atoms with Gasteiger partial charge in [0, 0.05) is 12.6 Å². The monoisotopic (exact) mass is 173 g/mol. The maximum atomic E-state index is 7.88. The predicted octanol–water partition coefficient (Wildman–Crippen LogP) is 1.64. The molecule has 2 unspecified atom stereocenters. The largest absolute Gasteiger partial charge is 0.396 e. The highest BCUT2D eigenvalue weighted by molar-refractivity contribution is 4.88. The lowest BCUT2D eigenvalue weighted by molar-refractivity contribution is 0.148. The topological polar surface area (TPSA) is 32.3 Å². The van der Waals surface area contributed by atoms with Crippen LogP contribution in [-0.2, 0) is 0 Å². The summed E-state index contributed by atoms with van der Waals surface area (Å²) in [6.07, 6.45) is 2.28. The third-order valence-corrected chi connectivity index (χ3v) is 2.53. The van der Waals surface area contributed by atoms with E-state index in [1.807, 2.05) is 6.92 Å². The average molecular weight is 173 g/mol. The van der Waals surface area contributed by atoms with E-state index < -0.39 is 0 Å². The highest BCUT2D eigenvalue weighted by Gasteiger charge is 2.32. The summed E-state index contributed by atoms with van der Waals surface area (Å²) >= 11 is 0. The van der Waals surface area contributed by atoms with Gasteiger partial charge in [-0.05, 0) is 31.7 Å². The van der Waals surface area contributed by atoms with Crippen molar-refractivity contribution in [1.82, 2.24) is 5.32 Å². The molecule has 1 rings (SSSR count). The van der Waals surface area contributed by atoms with E-state index in [0.717, 1.165) is 24.3 Å². The molecule has 1 fully saturated rings. The van der Waals surface area contributed by atoms with Crippen LogP contribution in [0.3, 0.4) is 0 Å². The van der Waals surface area contributed by atoms with E-state index in [4.69, 9.17) is 5.11 Å². The van der Waals surface area contributed by atoms with E-state index in [0.29, 0.717) is 6.61 Å². The van der Waals surface area contributed by atoms with Crippen molar-refractivity contribution in [2.45, 2.75) is 39.7 Å². The molecule has 0 spiro atoms. The van der Waals surface area contributed by atoms with E-state index in [2.05, 4.69) is 26.2 Å². The summed E-state index contributed by atoms with van der Waals surface area (Å²) in [4.78, 5) is 0. The standard InChI is InChI=1S/C7H15N.C3H8O/c1-5-4-6(2)7(5)8-3;1-2-3-4/h5-8H,4H2,1-3H3;4H,2-3H2,1H3. The lowest BCUT2D eigenvalue weighted by Crippen LogP contribution is -2.47. The van der Waals surface area contributed by atoms with E-state index in [1.54, 1.807) is 0 Å². The number of aliphatic hydroxyl groups excluding tert-OH is 1. The van der Waals surface area contributed by atoms with Crippen molar-refractivity contribution in [3.63, 3.8) is 0 Å². The summed E-state index contributed by atoms with van der Waals surface area (Å²) in [7, 11) is 2.05. The zero-order chi connectivity index (χ0) is 9.56. The predicted molar refractivity (Wildman–Crippen MR) is 53.2 cm³/mol. The molecule has 0 aliphatic heterocycles. The smallest absolute Gasteiger partial charge is 0.0428 e. The van der Waals surface area contributed by atoms with Crippen LogP contribution in [-0.4, -0.2) is 24.8 Å². The van der Waals surface area contributed by atoms with Gasteiger partial charge in [0.1, 0.15) is 0 Å². The van der Waals surface area contributed by atoms with Crippen LogP contribution >= 0.6 is 0 Å². The molecular formula is C10H23NO. The van der Waals surface area contributed by atoms with Gasteiger partial charge in [-0.1, -0.05) is 20.8 Å². The number of hydrogen-bond donors (Lipinski definition) is 2. The van der Waals surface area contributed by atoms with E-state index in [1.165, 1.54) is 6.42 Å². The molecule has 0 aromatic heterocycles. The Morgan fingerprint density at radius 3 is 1.83 bits per heavy atom. The van der Waals surface area contributed by atoms with Gasteiger partial charge in [-0.2, -0.15) is 0 Å². The van der Waals surface area contributed by atoms with Crippen LogP contribution in [0.15, 0.2) is 0 Å². The van der Waals surface area contributed by atoms with Crippen molar-refractivity contribution in [2.75, 3.05) is 13.7 Å². The Labute approximate surface area is 76.4 Å². The molecular weight excluding hydrogens is 150 g/mol. The van der Waals surface area contributed by atoms with Gasteiger partial charge in [0.25, 0.3) is 0 Å². The van der Waals surface area contributed by atoms with Crippen molar-refractivity contribution in [3.05, 3.63) is 0 Å². The van der Waals surface area contributed by atoms with Gasteiger partial charge in [-0.3, -0.25) is 0 Å². The molecule has 12 heavy (non-hydrogen) atoms. The summed E-state index contributed by atoms with van der Waals surface area (Å²) in [5.41, 5.74) is 0. The summed E-state index contributed by atoms with van der Waals surface area (Å²) in [5.74, 6) is 1.82. The van der Waals surface area contributed by atoms with Crippen molar-refractivity contribution in [3.8, 4) is 0 Å². The lowest BCUT2D eigenvalue weighted by Gasteiger charge is -2.40. The molecule has 2 N–H and O–H groups in total. The fourth-order valence-electron chi connectivity index (χ4n) is 1.81. The van der Waals surface area contributed by atoms with Crippen LogP contribution in [0.1, 0.15) is 33.6 Å². The Hall–Kier alpha value is -0.0800. The quantitative estimate of drug-likeness (QED) is 0.665. The van der Waals surface area contributed by atoms with Crippen LogP contribution in [0.5, 0.6) is 0 Å². The first-order valence-corrected chi connectivity index (χ1v) is 4.95. The Kier molecular flexibility index (Phi) is 6.39. The fourth-order valence-corrected chi connectivity index (χ4v) is 1.81. The SMILES string of the molecule is CCCO.CNC1C(C)CC1C. The highest BCUT2D eigenvalue weighted by Crippen LogP contribution is 2.32. The molecule has 1 aliphatic carbocycles. The van der Waals surface area contributed by atoms with Crippen molar-refractivity contribution in [1.29, 1.82) is 0 Å². The number of aliphatic hydroxyl groups is 1. The Morgan fingerprint density at radius 2 is 1.75 bits per heavy atom. The molecule has 0 aromatic rings. The molecule has 0 heterocycles. The minimum atomic E-state index is 0.319. The third kappa shape index (κ3) is 3.55. The van der Waals surface area contributed by atoms with Gasteiger partial charge in [0.2, 0.25) is 0 Å². The van der Waals surface area contributed by atoms with Gasteiger partial charge in [-0.15, -0.1) is 0 Å². The van der Waals surface area contributed by atoms with Gasteiger partial charge < -0.3 is 10.4 Å². The first-order chi connectivity index (χ1) is 5.67. The van der Waals surface area contributed by atoms with E-state index >= 15 is 0 Å². The second kappa shape index (κ2) is 6.44. The Bertz CT molecular complexity index is 96.0. The first kappa shape index (κ1) is 11.9. The first-order valence-electron chi connectivity index (χ1n) is 4.95. The van der Waals surface area contributed by atoms with Crippen LogP contribution in [0.25, 0.3) is 0 Å². The average Bonchev–Trinajstić information content (AvgIpc) is 2.05. The van der Waals surface area contributed by atoms with E-state index in [9.17, 15) is 0 Å². The normalized spacial score (nSPS) is 33.2. The number of hydrogen-bond acceptors (Lipinski definition) is 2. The maximum absolute atomic E-state index is 7.88. The van der Waals surface area contributed by atoms with Gasteiger partial charge in [-0.25, -0.2) is 0 Å². The molecule has 0 bridgehead atoms. The van der Waals surface area contributed by atoms with Crippen molar-refractivity contribution >= 4 is 0 Å². The second-order valence-electron chi connectivity index (χ2n) is 3.73. The third-order valence-electron chi connectivity index (χ3n) is 2.53. The molecule has 74 valence electrons. The van der Waals surface area contributed by atoms with Crippen LogP contribution in [0.2, 0.25) is 0 Å². The minimum absolute atomic E-state index is 0.319. The maximum Gasteiger partial charge on any atom is 0.0428 e. The van der Waals surface area contributed by atoms with Gasteiger partial charge in [0.05, 0.1) is 0 Å². The van der Waals surface area contributed by atoms with Gasteiger partial charge in [0.15, 0.2) is 0 Å². The second-order valence-corrected chi connectivity index (χ2v) is 3.73. The molecule has 2 nitrogen and oxygen atoms in total. The Morgan fingerprint density at radius 1 is 1.33 bits per heavy atom. The summed E-state index contributed by atoms with van der Waals surface area (Å²) in [6.45, 7) is 6.86. The van der Waals surface area contributed by atoms with Crippen molar-refractivity contribution in [2.24, 2.45) is 11.8 Å². The summed E-state index contributed by atoms with van der Waals surface area (Å²) < 4.78 is 0. The summed E-state index contributed by atoms with van der Waals surface area (Å²) in [5, 5.41) is 11.2. The van der Waals surface area contributed by atoms with Crippen molar-refractivity contribution < 1.29 is 5.11 Å². The number of rotatable bonds is 2. The zero-order valence-corrected chi connectivity index (χ0v) is 8.80. The molecule has 0 amide bonds.